The van der Waals surface area contributed by atoms with Crippen LogP contribution in [0.5, 0.6) is 0 Å². The zero-order valence-corrected chi connectivity index (χ0v) is 12.9. The molecule has 1 fully saturated rings. The average molecular weight is 344 g/mol. The summed E-state index contributed by atoms with van der Waals surface area (Å²) in [5.74, 6) is -1.82. The molecule has 0 radical (unpaired) electrons. The van der Waals surface area contributed by atoms with Gasteiger partial charge in [-0.05, 0) is 25.5 Å². The summed E-state index contributed by atoms with van der Waals surface area (Å²) >= 11 is 0. The number of nitrogens with one attached hydrogen (secondary N) is 1. The van der Waals surface area contributed by atoms with E-state index in [0.717, 1.165) is 6.20 Å². The highest BCUT2D eigenvalue weighted by Gasteiger charge is 2.43. The Bertz CT molecular complexity index is 580. The van der Waals surface area contributed by atoms with E-state index in [0.29, 0.717) is 19.4 Å². The number of piperidine rings is 1. The Morgan fingerprint density at radius 3 is 2.79 bits per heavy atom. The number of nitrogens with zero attached hydrogens (tertiary/aromatic N) is 2. The minimum absolute atomic E-state index is 0.00488. The number of alkyl halides is 3. The van der Waals surface area contributed by atoms with Crippen LogP contribution in [0.15, 0.2) is 24.5 Å². The van der Waals surface area contributed by atoms with Gasteiger partial charge in [0.15, 0.2) is 6.04 Å². The lowest BCUT2D eigenvalue weighted by atomic mass is 9.96. The van der Waals surface area contributed by atoms with Crippen LogP contribution in [0, 0.1) is 5.92 Å². The van der Waals surface area contributed by atoms with Crippen LogP contribution in [0.4, 0.5) is 13.2 Å². The molecule has 0 bridgehead atoms. The lowest BCUT2D eigenvalue weighted by Gasteiger charge is -2.32. The van der Waals surface area contributed by atoms with Crippen molar-refractivity contribution in [1.82, 2.24) is 15.2 Å². The van der Waals surface area contributed by atoms with E-state index in [4.69, 9.17) is 5.73 Å². The molecule has 2 heterocycles. The van der Waals surface area contributed by atoms with Crippen LogP contribution in [-0.2, 0) is 9.59 Å². The summed E-state index contributed by atoms with van der Waals surface area (Å²) in [6.45, 7) is 0.805. The Hall–Kier alpha value is -2.16. The maximum absolute atomic E-state index is 13.3. The van der Waals surface area contributed by atoms with E-state index in [1.807, 2.05) is 0 Å². The van der Waals surface area contributed by atoms with Crippen LogP contribution in [-0.4, -0.2) is 47.5 Å². The van der Waals surface area contributed by atoms with E-state index in [-0.39, 0.29) is 18.7 Å². The van der Waals surface area contributed by atoms with E-state index in [1.54, 1.807) is 4.90 Å². The molecule has 2 unspecified atom stereocenters. The van der Waals surface area contributed by atoms with Gasteiger partial charge in [0.25, 0.3) is 0 Å². The van der Waals surface area contributed by atoms with Gasteiger partial charge in [0.2, 0.25) is 11.8 Å². The van der Waals surface area contributed by atoms with E-state index in [1.165, 1.54) is 18.3 Å². The van der Waals surface area contributed by atoms with Gasteiger partial charge in [-0.15, -0.1) is 0 Å². The van der Waals surface area contributed by atoms with Gasteiger partial charge < -0.3 is 11.1 Å². The number of amides is 2. The van der Waals surface area contributed by atoms with Crippen LogP contribution in [0.3, 0.4) is 0 Å². The number of hydrogen-bond donors (Lipinski definition) is 2. The van der Waals surface area contributed by atoms with Gasteiger partial charge in [-0.2, -0.15) is 13.2 Å². The molecule has 1 aromatic rings. The molecule has 0 aliphatic carbocycles. The minimum atomic E-state index is -4.62. The van der Waals surface area contributed by atoms with Gasteiger partial charge in [0.05, 0.1) is 12.5 Å². The van der Waals surface area contributed by atoms with Crippen LogP contribution >= 0.6 is 0 Å². The third-order valence-electron chi connectivity index (χ3n) is 3.89. The summed E-state index contributed by atoms with van der Waals surface area (Å²) in [6, 6.07) is 0.548. The molecule has 0 spiro atoms. The molecule has 9 heteroatoms. The summed E-state index contributed by atoms with van der Waals surface area (Å²) < 4.78 is 39.8. The predicted octanol–water partition coefficient (Wildman–Crippen LogP) is 0.998. The minimum Gasteiger partial charge on any atom is -0.369 e. The number of likely N-dealkylation sites (tertiary alicyclic amines) is 1. The first kappa shape index (κ1) is 18.2. The fraction of sp³-hybridized carbons (Fsp3) is 0.533. The molecule has 0 saturated carbocycles. The van der Waals surface area contributed by atoms with Crippen molar-refractivity contribution < 1.29 is 22.8 Å². The lowest BCUT2D eigenvalue weighted by Crippen LogP contribution is -2.48. The number of primary amides is 1. The molecular formula is C15H19F3N4O2. The van der Waals surface area contributed by atoms with Crippen molar-refractivity contribution in [3.63, 3.8) is 0 Å². The van der Waals surface area contributed by atoms with Crippen molar-refractivity contribution in [2.75, 3.05) is 19.6 Å². The smallest absolute Gasteiger partial charge is 0.369 e. The first-order valence-corrected chi connectivity index (χ1v) is 7.55. The molecule has 2 atom stereocenters. The Labute approximate surface area is 137 Å². The van der Waals surface area contributed by atoms with E-state index >= 15 is 0 Å². The molecule has 2 amide bonds. The highest BCUT2D eigenvalue weighted by atomic mass is 19.4. The molecule has 0 aromatic carbocycles. The van der Waals surface area contributed by atoms with Crippen LogP contribution in [0.2, 0.25) is 0 Å². The van der Waals surface area contributed by atoms with Gasteiger partial charge in [0, 0.05) is 24.5 Å². The van der Waals surface area contributed by atoms with Crippen molar-refractivity contribution in [3.8, 4) is 0 Å². The topological polar surface area (TPSA) is 88.3 Å². The van der Waals surface area contributed by atoms with E-state index < -0.39 is 30.0 Å². The first-order valence-electron chi connectivity index (χ1n) is 7.55. The van der Waals surface area contributed by atoms with Gasteiger partial charge in [-0.3, -0.25) is 19.5 Å². The predicted molar refractivity (Wildman–Crippen MR) is 79.5 cm³/mol. The molecule has 1 aliphatic heterocycles. The zero-order valence-electron chi connectivity index (χ0n) is 12.9. The normalized spacial score (nSPS) is 20.4. The molecule has 1 aromatic heterocycles. The standard InChI is InChI=1S/C15H19F3N4O2/c16-15(17,18)13(10-3-1-5-20-7-10)21-14(24)11-4-2-6-22(8-11)9-12(19)23/h1,3,5,7,11,13H,2,4,6,8-9H2,(H2,19,23)(H,21,24). The second kappa shape index (κ2) is 7.61. The number of aromatic nitrogens is 1. The molecular weight excluding hydrogens is 325 g/mol. The third kappa shape index (κ3) is 4.92. The van der Waals surface area contributed by atoms with E-state index in [9.17, 15) is 22.8 Å². The van der Waals surface area contributed by atoms with Crippen molar-refractivity contribution >= 4 is 11.8 Å². The largest absolute Gasteiger partial charge is 0.412 e. The number of hydrogen-bond acceptors (Lipinski definition) is 4. The molecule has 132 valence electrons. The fourth-order valence-electron chi connectivity index (χ4n) is 2.79. The monoisotopic (exact) mass is 344 g/mol. The van der Waals surface area contributed by atoms with Crippen molar-refractivity contribution in [1.29, 1.82) is 0 Å². The van der Waals surface area contributed by atoms with Gasteiger partial charge in [0.1, 0.15) is 0 Å². The summed E-state index contributed by atoms with van der Waals surface area (Å²) in [5, 5.41) is 2.07. The molecule has 1 saturated heterocycles. The van der Waals surface area contributed by atoms with Crippen molar-refractivity contribution in [2.45, 2.75) is 25.1 Å². The number of pyridine rings is 1. The number of carbonyl (C=O) groups is 2. The van der Waals surface area contributed by atoms with Crippen LogP contribution < -0.4 is 11.1 Å². The van der Waals surface area contributed by atoms with Gasteiger partial charge >= 0.3 is 6.18 Å². The maximum atomic E-state index is 13.3. The maximum Gasteiger partial charge on any atom is 0.412 e. The molecule has 2 rings (SSSR count). The molecule has 6 nitrogen and oxygen atoms in total. The average Bonchev–Trinajstić information content (AvgIpc) is 2.51. The van der Waals surface area contributed by atoms with Gasteiger partial charge in [-0.1, -0.05) is 6.07 Å². The number of carbonyl (C=O) groups excluding carboxylic acids is 2. The second-order valence-electron chi connectivity index (χ2n) is 5.81. The molecule has 24 heavy (non-hydrogen) atoms. The van der Waals surface area contributed by atoms with Gasteiger partial charge in [-0.25, -0.2) is 0 Å². The molecule has 3 N–H and O–H groups in total. The highest BCUT2D eigenvalue weighted by molar-refractivity contribution is 5.80. The number of halogens is 3. The van der Waals surface area contributed by atoms with E-state index in [2.05, 4.69) is 10.3 Å². The number of nitrogens with two attached hydrogens (primary N) is 1. The Balaban J connectivity index is 2.06. The highest BCUT2D eigenvalue weighted by Crippen LogP contribution is 2.32. The summed E-state index contributed by atoms with van der Waals surface area (Å²) in [5.41, 5.74) is 5.00. The molecule has 1 aliphatic rings. The van der Waals surface area contributed by atoms with Crippen LogP contribution in [0.25, 0.3) is 0 Å². The number of rotatable bonds is 5. The summed E-state index contributed by atoms with van der Waals surface area (Å²) in [7, 11) is 0. The fourth-order valence-corrected chi connectivity index (χ4v) is 2.79. The summed E-state index contributed by atoms with van der Waals surface area (Å²) in [6.07, 6.45) is -1.09. The summed E-state index contributed by atoms with van der Waals surface area (Å²) in [4.78, 5) is 28.6. The van der Waals surface area contributed by atoms with Crippen molar-refractivity contribution in [3.05, 3.63) is 30.1 Å². The Kier molecular flexibility index (Phi) is 5.76. The SMILES string of the molecule is NC(=O)CN1CCCC(C(=O)NC(c2cccnc2)C(F)(F)F)C1. The first-order chi connectivity index (χ1) is 11.3. The quantitative estimate of drug-likeness (QED) is 0.834. The van der Waals surface area contributed by atoms with Crippen LogP contribution in [0.1, 0.15) is 24.4 Å². The second-order valence-corrected chi connectivity index (χ2v) is 5.81. The lowest BCUT2D eigenvalue weighted by molar-refractivity contribution is -0.165. The Morgan fingerprint density at radius 1 is 1.46 bits per heavy atom. The third-order valence-corrected chi connectivity index (χ3v) is 3.89. The van der Waals surface area contributed by atoms with Crippen molar-refractivity contribution in [2.24, 2.45) is 11.7 Å². The zero-order chi connectivity index (χ0) is 17.7. The Morgan fingerprint density at radius 2 is 2.21 bits per heavy atom.